The maximum atomic E-state index is 11.8. The summed E-state index contributed by atoms with van der Waals surface area (Å²) in [5, 5.41) is 3.91. The van der Waals surface area contributed by atoms with Gasteiger partial charge in [0.2, 0.25) is 0 Å². The van der Waals surface area contributed by atoms with Gasteiger partial charge in [-0.05, 0) is 36.8 Å². The van der Waals surface area contributed by atoms with Gasteiger partial charge in [0, 0.05) is 29.9 Å². The molecule has 0 aliphatic heterocycles. The molecule has 1 aliphatic carbocycles. The molecule has 0 amide bonds. The van der Waals surface area contributed by atoms with Crippen LogP contribution in [0.4, 0.5) is 0 Å². The Labute approximate surface area is 126 Å². The Balaban J connectivity index is 2.10. The molecule has 5 heteroatoms. The van der Waals surface area contributed by atoms with Crippen LogP contribution in [0.2, 0.25) is 5.02 Å². The second-order valence-corrected chi connectivity index (χ2v) is 8.19. The summed E-state index contributed by atoms with van der Waals surface area (Å²) in [5.41, 5.74) is 1.09. The molecule has 1 fully saturated rings. The molecule has 0 heterocycles. The third-order valence-corrected chi connectivity index (χ3v) is 5.98. The maximum Gasteiger partial charge on any atom is 0.175 e. The molecular formula is C15H22ClNO2S. The number of hydrogen-bond donors (Lipinski definition) is 1. The van der Waals surface area contributed by atoms with Gasteiger partial charge in [-0.1, -0.05) is 31.0 Å². The minimum Gasteiger partial charge on any atom is -0.312 e. The van der Waals surface area contributed by atoms with Crippen molar-refractivity contribution < 1.29 is 8.42 Å². The number of hydrogen-bond acceptors (Lipinski definition) is 3. The average molecular weight is 316 g/mol. The first-order valence-electron chi connectivity index (χ1n) is 7.06. The topological polar surface area (TPSA) is 46.2 Å². The largest absolute Gasteiger partial charge is 0.312 e. The van der Waals surface area contributed by atoms with E-state index in [0.717, 1.165) is 6.54 Å². The molecule has 112 valence electrons. The van der Waals surface area contributed by atoms with Crippen molar-refractivity contribution in [1.29, 1.82) is 0 Å². The van der Waals surface area contributed by atoms with Crippen molar-refractivity contribution in [2.45, 2.75) is 44.0 Å². The van der Waals surface area contributed by atoms with Crippen LogP contribution >= 0.6 is 11.6 Å². The van der Waals surface area contributed by atoms with Crippen LogP contribution in [-0.4, -0.2) is 21.2 Å². The standard InChI is InChI=1S/C15H22ClNO2S/c1-3-15(8-5-9-15)11-17-10-12-13(16)6-4-7-14(12)20(2,18)19/h4,6-7,17H,3,5,8-11H2,1-2H3. The van der Waals surface area contributed by atoms with Crippen molar-refractivity contribution in [1.82, 2.24) is 5.32 Å². The van der Waals surface area contributed by atoms with E-state index in [1.54, 1.807) is 18.2 Å². The number of halogens is 1. The number of rotatable bonds is 6. The van der Waals surface area contributed by atoms with E-state index in [2.05, 4.69) is 12.2 Å². The van der Waals surface area contributed by atoms with Crippen molar-refractivity contribution in [3.63, 3.8) is 0 Å². The van der Waals surface area contributed by atoms with Gasteiger partial charge in [-0.15, -0.1) is 0 Å². The van der Waals surface area contributed by atoms with E-state index in [1.807, 2.05) is 0 Å². The molecule has 0 spiro atoms. The van der Waals surface area contributed by atoms with E-state index in [1.165, 1.54) is 31.9 Å². The summed E-state index contributed by atoms with van der Waals surface area (Å²) >= 11 is 6.16. The number of nitrogens with one attached hydrogen (secondary N) is 1. The fourth-order valence-corrected chi connectivity index (χ4v) is 4.10. The molecule has 0 atom stereocenters. The van der Waals surface area contributed by atoms with E-state index in [-0.39, 0.29) is 0 Å². The van der Waals surface area contributed by atoms with E-state index >= 15 is 0 Å². The summed E-state index contributed by atoms with van der Waals surface area (Å²) < 4.78 is 23.6. The minimum absolute atomic E-state index is 0.330. The predicted molar refractivity (Wildman–Crippen MR) is 82.8 cm³/mol. The quantitative estimate of drug-likeness (QED) is 0.875. The van der Waals surface area contributed by atoms with Crippen LogP contribution in [-0.2, 0) is 16.4 Å². The summed E-state index contributed by atoms with van der Waals surface area (Å²) in [7, 11) is -3.24. The zero-order valence-corrected chi connectivity index (χ0v) is 13.6. The lowest BCUT2D eigenvalue weighted by atomic mass is 9.67. The SMILES string of the molecule is CCC1(CNCc2c(Cl)cccc2S(C)(=O)=O)CCC1. The predicted octanol–water partition coefficient (Wildman–Crippen LogP) is 3.41. The fraction of sp³-hybridized carbons (Fsp3) is 0.600. The Bertz CT molecular complexity index is 574. The third kappa shape index (κ3) is 3.35. The summed E-state index contributed by atoms with van der Waals surface area (Å²) in [5.74, 6) is 0. The Morgan fingerprint density at radius 2 is 2.05 bits per heavy atom. The van der Waals surface area contributed by atoms with Crippen LogP contribution in [0.1, 0.15) is 38.2 Å². The second kappa shape index (κ2) is 6.04. The molecule has 1 aliphatic rings. The van der Waals surface area contributed by atoms with Gasteiger partial charge in [0.15, 0.2) is 9.84 Å². The van der Waals surface area contributed by atoms with Crippen LogP contribution in [0.5, 0.6) is 0 Å². The highest BCUT2D eigenvalue weighted by Gasteiger charge is 2.34. The third-order valence-electron chi connectivity index (χ3n) is 4.44. The van der Waals surface area contributed by atoms with Crippen molar-refractivity contribution in [3.8, 4) is 0 Å². The molecule has 0 unspecified atom stereocenters. The smallest absolute Gasteiger partial charge is 0.175 e. The highest BCUT2D eigenvalue weighted by molar-refractivity contribution is 7.90. The zero-order chi connectivity index (χ0) is 14.8. The summed E-state index contributed by atoms with van der Waals surface area (Å²) in [6.45, 7) is 3.65. The van der Waals surface area contributed by atoms with Gasteiger partial charge in [0.05, 0.1) is 4.90 Å². The molecule has 0 radical (unpaired) electrons. The van der Waals surface area contributed by atoms with Crippen LogP contribution in [0, 0.1) is 5.41 Å². The summed E-state index contributed by atoms with van der Waals surface area (Å²) in [6, 6.07) is 5.05. The van der Waals surface area contributed by atoms with Crippen molar-refractivity contribution in [2.75, 3.05) is 12.8 Å². The molecule has 1 aromatic carbocycles. The van der Waals surface area contributed by atoms with E-state index in [4.69, 9.17) is 11.6 Å². The van der Waals surface area contributed by atoms with Crippen LogP contribution in [0.15, 0.2) is 23.1 Å². The number of sulfone groups is 1. The van der Waals surface area contributed by atoms with Crippen molar-refractivity contribution in [2.24, 2.45) is 5.41 Å². The highest BCUT2D eigenvalue weighted by Crippen LogP contribution is 2.43. The lowest BCUT2D eigenvalue weighted by Crippen LogP contribution is -2.39. The van der Waals surface area contributed by atoms with Gasteiger partial charge in [-0.3, -0.25) is 0 Å². The average Bonchev–Trinajstić information content (AvgIpc) is 2.33. The highest BCUT2D eigenvalue weighted by atomic mass is 35.5. The normalized spacial score (nSPS) is 17.8. The fourth-order valence-electron chi connectivity index (χ4n) is 2.84. The van der Waals surface area contributed by atoms with Crippen molar-refractivity contribution in [3.05, 3.63) is 28.8 Å². The van der Waals surface area contributed by atoms with Gasteiger partial charge < -0.3 is 5.32 Å². The molecule has 3 nitrogen and oxygen atoms in total. The van der Waals surface area contributed by atoms with E-state index in [0.29, 0.717) is 27.4 Å². The van der Waals surface area contributed by atoms with E-state index < -0.39 is 9.84 Å². The summed E-state index contributed by atoms with van der Waals surface area (Å²) in [4.78, 5) is 0.330. The van der Waals surface area contributed by atoms with Crippen LogP contribution in [0.3, 0.4) is 0 Å². The minimum atomic E-state index is -3.24. The lowest BCUT2D eigenvalue weighted by molar-refractivity contribution is 0.123. The summed E-state index contributed by atoms with van der Waals surface area (Å²) in [6.07, 6.45) is 6.22. The molecule has 1 N–H and O–H groups in total. The Hall–Kier alpha value is -0.580. The Morgan fingerprint density at radius 3 is 2.55 bits per heavy atom. The first-order valence-corrected chi connectivity index (χ1v) is 9.33. The monoisotopic (exact) mass is 315 g/mol. The molecule has 2 rings (SSSR count). The molecular weight excluding hydrogens is 294 g/mol. The molecule has 1 saturated carbocycles. The Kier molecular flexibility index (Phi) is 4.77. The van der Waals surface area contributed by atoms with Crippen LogP contribution < -0.4 is 5.32 Å². The van der Waals surface area contributed by atoms with Crippen molar-refractivity contribution >= 4 is 21.4 Å². The second-order valence-electron chi connectivity index (χ2n) is 5.80. The van der Waals surface area contributed by atoms with Crippen LogP contribution in [0.25, 0.3) is 0 Å². The molecule has 20 heavy (non-hydrogen) atoms. The first kappa shape index (κ1) is 15.8. The van der Waals surface area contributed by atoms with Gasteiger partial charge in [-0.25, -0.2) is 8.42 Å². The maximum absolute atomic E-state index is 11.8. The molecule has 0 bridgehead atoms. The lowest BCUT2D eigenvalue weighted by Gasteiger charge is -2.41. The number of benzene rings is 1. The zero-order valence-electron chi connectivity index (χ0n) is 12.1. The molecule has 1 aromatic rings. The van der Waals surface area contributed by atoms with Gasteiger partial charge in [-0.2, -0.15) is 0 Å². The first-order chi connectivity index (χ1) is 9.38. The van der Waals surface area contributed by atoms with Gasteiger partial charge in [0.25, 0.3) is 0 Å². The molecule has 0 aromatic heterocycles. The van der Waals surface area contributed by atoms with E-state index in [9.17, 15) is 8.42 Å². The molecule has 0 saturated heterocycles. The van der Waals surface area contributed by atoms with Gasteiger partial charge >= 0.3 is 0 Å². The van der Waals surface area contributed by atoms with Gasteiger partial charge in [0.1, 0.15) is 0 Å². The Morgan fingerprint density at radius 1 is 1.35 bits per heavy atom.